The molecular formula is C26H42N4O7. The second kappa shape index (κ2) is 12.7. The van der Waals surface area contributed by atoms with E-state index in [0.29, 0.717) is 26.1 Å². The molecule has 11 nitrogen and oxygen atoms in total. The minimum atomic E-state index is -0.455. The molecule has 0 saturated carbocycles. The Bertz CT molecular complexity index is 881. The van der Waals surface area contributed by atoms with Crippen molar-refractivity contribution < 1.29 is 33.4 Å². The van der Waals surface area contributed by atoms with E-state index in [1.807, 2.05) is 13.8 Å². The number of fused-ring (bicyclic) bond motifs is 2. The summed E-state index contributed by atoms with van der Waals surface area (Å²) in [4.78, 5) is 65.1. The van der Waals surface area contributed by atoms with E-state index in [2.05, 4.69) is 5.32 Å². The zero-order chi connectivity index (χ0) is 27.3. The molecule has 4 aliphatic heterocycles. The Hall–Kier alpha value is -2.69. The molecule has 4 heterocycles. The lowest BCUT2D eigenvalue weighted by molar-refractivity contribution is -0.155. The molecule has 0 radical (unpaired) electrons. The van der Waals surface area contributed by atoms with Crippen LogP contribution in [0.4, 0.5) is 0 Å². The maximum atomic E-state index is 12.6. The molecule has 208 valence electrons. The molecule has 0 unspecified atom stereocenters. The van der Waals surface area contributed by atoms with Crippen molar-refractivity contribution in [2.24, 2.45) is 11.8 Å². The van der Waals surface area contributed by atoms with E-state index in [1.165, 1.54) is 21.1 Å². The molecule has 3 amide bonds. The van der Waals surface area contributed by atoms with Gasteiger partial charge in [-0.15, -0.1) is 0 Å². The van der Waals surface area contributed by atoms with Gasteiger partial charge in [0.2, 0.25) is 17.7 Å². The van der Waals surface area contributed by atoms with Crippen molar-refractivity contribution in [1.82, 2.24) is 20.0 Å². The van der Waals surface area contributed by atoms with Crippen molar-refractivity contribution in [2.45, 2.75) is 83.5 Å². The molecule has 1 N–H and O–H groups in total. The SMILES string of the molecule is COC(=O)[C@@H]1CC[C@@H]2CCN(C(C)=O)C[C@H](C)C(=O)N21.COC(=O)[C@@H]1CC[C@@H]2CCNC[C@H](C)C(=O)N21. The van der Waals surface area contributed by atoms with Crippen molar-refractivity contribution in [1.29, 1.82) is 0 Å². The lowest BCUT2D eigenvalue weighted by Crippen LogP contribution is -2.52. The molecule has 37 heavy (non-hydrogen) atoms. The molecule has 4 rings (SSSR count). The molecule has 11 heteroatoms. The van der Waals surface area contributed by atoms with Crippen LogP contribution in [0.2, 0.25) is 0 Å². The largest absolute Gasteiger partial charge is 0.467 e. The van der Waals surface area contributed by atoms with Gasteiger partial charge in [0.15, 0.2) is 0 Å². The first-order valence-electron chi connectivity index (χ1n) is 13.4. The summed E-state index contributed by atoms with van der Waals surface area (Å²) in [6.07, 6.45) is 4.73. The Morgan fingerprint density at radius 3 is 1.81 bits per heavy atom. The number of amides is 3. The fraction of sp³-hybridized carbons (Fsp3) is 0.808. The highest BCUT2D eigenvalue weighted by atomic mass is 16.5. The molecule has 0 bridgehead atoms. The number of hydrogen-bond acceptors (Lipinski definition) is 8. The number of esters is 2. The normalized spacial score (nSPS) is 32.1. The van der Waals surface area contributed by atoms with Crippen molar-refractivity contribution >= 4 is 29.7 Å². The minimum Gasteiger partial charge on any atom is -0.467 e. The maximum Gasteiger partial charge on any atom is 0.328 e. The van der Waals surface area contributed by atoms with E-state index < -0.39 is 6.04 Å². The number of carbonyl (C=O) groups excluding carboxylic acids is 5. The van der Waals surface area contributed by atoms with Gasteiger partial charge in [-0.05, 0) is 45.1 Å². The molecule has 4 fully saturated rings. The van der Waals surface area contributed by atoms with E-state index in [-0.39, 0.29) is 59.6 Å². The highest BCUT2D eigenvalue weighted by molar-refractivity contribution is 5.88. The molecular weight excluding hydrogens is 480 g/mol. The first kappa shape index (κ1) is 28.9. The monoisotopic (exact) mass is 522 g/mol. The van der Waals surface area contributed by atoms with Gasteiger partial charge in [0.1, 0.15) is 12.1 Å². The van der Waals surface area contributed by atoms with Crippen LogP contribution in [0.15, 0.2) is 0 Å². The second-order valence-electron chi connectivity index (χ2n) is 10.6. The van der Waals surface area contributed by atoms with Crippen LogP contribution in [0, 0.1) is 11.8 Å². The van der Waals surface area contributed by atoms with Crippen LogP contribution in [0.25, 0.3) is 0 Å². The molecule has 0 aromatic rings. The lowest BCUT2D eigenvalue weighted by atomic mass is 10.0. The number of nitrogens with zero attached hydrogens (tertiary/aromatic N) is 3. The lowest BCUT2D eigenvalue weighted by Gasteiger charge is -2.37. The van der Waals surface area contributed by atoms with Crippen LogP contribution < -0.4 is 5.32 Å². The smallest absolute Gasteiger partial charge is 0.328 e. The zero-order valence-electron chi connectivity index (χ0n) is 22.7. The molecule has 4 saturated heterocycles. The van der Waals surface area contributed by atoms with Crippen LogP contribution in [-0.2, 0) is 33.4 Å². The Kier molecular flexibility index (Phi) is 9.92. The van der Waals surface area contributed by atoms with Gasteiger partial charge in [-0.3, -0.25) is 14.4 Å². The van der Waals surface area contributed by atoms with E-state index >= 15 is 0 Å². The summed E-state index contributed by atoms with van der Waals surface area (Å²) in [6, 6.07) is -0.583. The van der Waals surface area contributed by atoms with E-state index in [4.69, 9.17) is 9.47 Å². The van der Waals surface area contributed by atoms with Gasteiger partial charge < -0.3 is 29.5 Å². The summed E-state index contributed by atoms with van der Waals surface area (Å²) in [5.41, 5.74) is 0. The van der Waals surface area contributed by atoms with Crippen LogP contribution >= 0.6 is 0 Å². The highest BCUT2D eigenvalue weighted by Crippen LogP contribution is 2.31. The average molecular weight is 523 g/mol. The van der Waals surface area contributed by atoms with Crippen LogP contribution in [-0.4, -0.2) is 109 Å². The number of carbonyl (C=O) groups is 5. The Balaban J connectivity index is 0.000000208. The molecule has 0 aliphatic carbocycles. The Morgan fingerprint density at radius 1 is 0.784 bits per heavy atom. The third kappa shape index (κ3) is 6.42. The number of methoxy groups -OCH3 is 2. The summed E-state index contributed by atoms with van der Waals surface area (Å²) >= 11 is 0. The summed E-state index contributed by atoms with van der Waals surface area (Å²) in [5.74, 6) is -0.932. The van der Waals surface area contributed by atoms with Crippen LogP contribution in [0.5, 0.6) is 0 Å². The van der Waals surface area contributed by atoms with Gasteiger partial charge >= 0.3 is 11.9 Å². The molecule has 0 aromatic carbocycles. The number of hydrogen-bond donors (Lipinski definition) is 1. The minimum absolute atomic E-state index is 0.000569. The standard InChI is InChI=1S/C14H22N2O4.C12H20N2O3/c1-9-8-15(10(2)17)7-6-11-4-5-12(14(19)20-3)16(11)13(9)18;1-8-7-13-6-5-9-3-4-10(12(16)17-2)14(9)11(8)15/h9,11-12H,4-8H2,1-3H3;8-10,13H,3-7H2,1-2H3/t9-,11+,12-;8-,9+,10-/m00/s1. The highest BCUT2D eigenvalue weighted by Gasteiger charge is 2.45. The first-order chi connectivity index (χ1) is 17.6. The topological polar surface area (TPSA) is 126 Å². The van der Waals surface area contributed by atoms with Crippen molar-refractivity contribution in [3.8, 4) is 0 Å². The molecule has 0 aromatic heterocycles. The Morgan fingerprint density at radius 2 is 1.30 bits per heavy atom. The van der Waals surface area contributed by atoms with Gasteiger partial charge in [-0.2, -0.15) is 0 Å². The van der Waals surface area contributed by atoms with E-state index in [1.54, 1.807) is 14.7 Å². The number of nitrogens with one attached hydrogen (secondary N) is 1. The number of ether oxygens (including phenoxy) is 2. The quantitative estimate of drug-likeness (QED) is 0.522. The predicted octanol–water partition coefficient (Wildman–Crippen LogP) is 0.556. The molecule has 6 atom stereocenters. The summed E-state index contributed by atoms with van der Waals surface area (Å²) < 4.78 is 9.59. The molecule has 4 aliphatic rings. The Labute approximate surface area is 219 Å². The van der Waals surface area contributed by atoms with Gasteiger partial charge in [-0.25, -0.2) is 9.59 Å². The second-order valence-corrected chi connectivity index (χ2v) is 10.6. The van der Waals surface area contributed by atoms with Gasteiger partial charge in [-0.1, -0.05) is 13.8 Å². The third-order valence-electron chi connectivity index (χ3n) is 8.08. The summed E-state index contributed by atoms with van der Waals surface area (Å²) in [6.45, 7) is 7.91. The summed E-state index contributed by atoms with van der Waals surface area (Å²) in [7, 11) is 2.74. The van der Waals surface area contributed by atoms with E-state index in [0.717, 1.165) is 38.6 Å². The molecule has 0 spiro atoms. The fourth-order valence-electron chi connectivity index (χ4n) is 6.01. The number of rotatable bonds is 2. The summed E-state index contributed by atoms with van der Waals surface area (Å²) in [5, 5.41) is 3.27. The van der Waals surface area contributed by atoms with Crippen molar-refractivity contribution in [3.63, 3.8) is 0 Å². The van der Waals surface area contributed by atoms with Crippen LogP contribution in [0.3, 0.4) is 0 Å². The average Bonchev–Trinajstić information content (AvgIpc) is 3.49. The third-order valence-corrected chi connectivity index (χ3v) is 8.08. The van der Waals surface area contributed by atoms with Crippen LogP contribution in [0.1, 0.15) is 59.3 Å². The van der Waals surface area contributed by atoms with Gasteiger partial charge in [0.25, 0.3) is 0 Å². The maximum absolute atomic E-state index is 12.6. The zero-order valence-corrected chi connectivity index (χ0v) is 22.7. The van der Waals surface area contributed by atoms with E-state index in [9.17, 15) is 24.0 Å². The van der Waals surface area contributed by atoms with Gasteiger partial charge in [0, 0.05) is 44.6 Å². The predicted molar refractivity (Wildman–Crippen MR) is 134 cm³/mol. The first-order valence-corrected chi connectivity index (χ1v) is 13.4. The fourth-order valence-corrected chi connectivity index (χ4v) is 6.01. The van der Waals surface area contributed by atoms with Crippen molar-refractivity contribution in [2.75, 3.05) is 40.4 Å². The van der Waals surface area contributed by atoms with Crippen molar-refractivity contribution in [3.05, 3.63) is 0 Å². The van der Waals surface area contributed by atoms with Gasteiger partial charge in [0.05, 0.1) is 20.1 Å².